The Morgan fingerprint density at radius 2 is 2.47 bits per heavy atom. The summed E-state index contributed by atoms with van der Waals surface area (Å²) in [5.74, 6) is 0.268. The highest BCUT2D eigenvalue weighted by Crippen LogP contribution is 2.24. The van der Waals surface area contributed by atoms with Gasteiger partial charge in [0.1, 0.15) is 5.75 Å². The van der Waals surface area contributed by atoms with E-state index in [1.807, 2.05) is 0 Å². The van der Waals surface area contributed by atoms with Crippen LogP contribution < -0.4 is 10.5 Å². The highest BCUT2D eigenvalue weighted by atomic mass is 16.5. The highest BCUT2D eigenvalue weighted by molar-refractivity contribution is 6.00. The number of pyridine rings is 1. The van der Waals surface area contributed by atoms with Crippen LogP contribution in [0.4, 0.5) is 0 Å². The van der Waals surface area contributed by atoms with E-state index in [-0.39, 0.29) is 17.8 Å². The average molecular weight is 264 g/mol. The molecule has 19 heavy (non-hydrogen) atoms. The third-order valence-corrected chi connectivity index (χ3v) is 3.21. The molecule has 1 unspecified atom stereocenters. The van der Waals surface area contributed by atoms with Crippen LogP contribution in [-0.2, 0) is 0 Å². The van der Waals surface area contributed by atoms with E-state index in [9.17, 15) is 4.79 Å². The SMILES string of the molecule is COc1cnccc1C(=O)N1CCCC1/C(N)=N/O. The molecule has 1 aromatic rings. The predicted molar refractivity (Wildman–Crippen MR) is 68.3 cm³/mol. The summed E-state index contributed by atoms with van der Waals surface area (Å²) in [5, 5.41) is 11.8. The fourth-order valence-electron chi connectivity index (χ4n) is 2.26. The Morgan fingerprint density at radius 1 is 1.68 bits per heavy atom. The van der Waals surface area contributed by atoms with E-state index in [1.165, 1.54) is 19.5 Å². The van der Waals surface area contributed by atoms with Gasteiger partial charge in [-0.3, -0.25) is 9.78 Å². The summed E-state index contributed by atoms with van der Waals surface area (Å²) in [6.45, 7) is 0.575. The number of ether oxygens (including phenoxy) is 1. The topological polar surface area (TPSA) is 101 Å². The van der Waals surface area contributed by atoms with Crippen LogP contribution in [-0.4, -0.2) is 46.5 Å². The first-order valence-corrected chi connectivity index (χ1v) is 5.95. The van der Waals surface area contributed by atoms with Gasteiger partial charge in [0, 0.05) is 12.7 Å². The van der Waals surface area contributed by atoms with Gasteiger partial charge < -0.3 is 20.6 Å². The van der Waals surface area contributed by atoms with Crippen LogP contribution in [0.25, 0.3) is 0 Å². The lowest BCUT2D eigenvalue weighted by atomic mass is 10.1. The Balaban J connectivity index is 2.28. The number of amides is 1. The number of amidine groups is 1. The van der Waals surface area contributed by atoms with Gasteiger partial charge in [-0.1, -0.05) is 5.16 Å². The van der Waals surface area contributed by atoms with Crippen LogP contribution >= 0.6 is 0 Å². The number of aromatic nitrogens is 1. The largest absolute Gasteiger partial charge is 0.494 e. The Kier molecular flexibility index (Phi) is 3.84. The van der Waals surface area contributed by atoms with Crippen LogP contribution in [0.1, 0.15) is 23.2 Å². The monoisotopic (exact) mass is 264 g/mol. The van der Waals surface area contributed by atoms with Crippen LogP contribution in [0.5, 0.6) is 5.75 Å². The van der Waals surface area contributed by atoms with Crippen LogP contribution in [0, 0.1) is 0 Å². The normalized spacial score (nSPS) is 19.5. The second kappa shape index (κ2) is 5.55. The maximum absolute atomic E-state index is 12.5. The Morgan fingerprint density at radius 3 is 3.16 bits per heavy atom. The Hall–Kier alpha value is -2.31. The number of hydrogen-bond donors (Lipinski definition) is 2. The molecule has 0 bridgehead atoms. The molecule has 1 aliphatic rings. The molecule has 0 aromatic carbocycles. The zero-order valence-electron chi connectivity index (χ0n) is 10.6. The molecule has 2 rings (SSSR count). The number of hydrogen-bond acceptors (Lipinski definition) is 5. The molecule has 7 heteroatoms. The maximum atomic E-state index is 12.5. The first kappa shape index (κ1) is 13.1. The molecular weight excluding hydrogens is 248 g/mol. The molecule has 1 aliphatic heterocycles. The lowest BCUT2D eigenvalue weighted by Crippen LogP contribution is -2.44. The van der Waals surface area contributed by atoms with Gasteiger partial charge in [0.2, 0.25) is 0 Å². The number of methoxy groups -OCH3 is 1. The molecule has 1 amide bonds. The molecule has 0 aliphatic carbocycles. The molecule has 0 radical (unpaired) electrons. The van der Waals surface area contributed by atoms with E-state index in [2.05, 4.69) is 10.1 Å². The number of carbonyl (C=O) groups excluding carboxylic acids is 1. The van der Waals surface area contributed by atoms with Crippen molar-refractivity contribution in [3.8, 4) is 5.75 Å². The number of oxime groups is 1. The molecule has 3 N–H and O–H groups in total. The molecule has 1 fully saturated rings. The number of rotatable bonds is 3. The van der Waals surface area contributed by atoms with Crippen molar-refractivity contribution in [2.24, 2.45) is 10.9 Å². The summed E-state index contributed by atoms with van der Waals surface area (Å²) >= 11 is 0. The molecule has 2 heterocycles. The molecule has 0 spiro atoms. The van der Waals surface area contributed by atoms with Gasteiger partial charge in [-0.15, -0.1) is 0 Å². The van der Waals surface area contributed by atoms with E-state index in [0.717, 1.165) is 6.42 Å². The van der Waals surface area contributed by atoms with Gasteiger partial charge in [-0.05, 0) is 18.9 Å². The van der Waals surface area contributed by atoms with Gasteiger partial charge >= 0.3 is 0 Å². The average Bonchev–Trinajstić information content (AvgIpc) is 2.95. The molecule has 7 nitrogen and oxygen atoms in total. The highest BCUT2D eigenvalue weighted by Gasteiger charge is 2.33. The van der Waals surface area contributed by atoms with Crippen molar-refractivity contribution in [2.75, 3.05) is 13.7 Å². The first-order valence-electron chi connectivity index (χ1n) is 5.95. The van der Waals surface area contributed by atoms with Crippen molar-refractivity contribution in [3.05, 3.63) is 24.0 Å². The summed E-state index contributed by atoms with van der Waals surface area (Å²) in [6, 6.07) is 1.23. The number of nitrogens with two attached hydrogens (primary N) is 1. The maximum Gasteiger partial charge on any atom is 0.258 e. The lowest BCUT2D eigenvalue weighted by Gasteiger charge is -2.24. The molecular formula is C12H16N4O3. The molecule has 1 atom stereocenters. The summed E-state index contributed by atoms with van der Waals surface area (Å²) < 4.78 is 5.13. The van der Waals surface area contributed by atoms with Crippen LogP contribution in [0.3, 0.4) is 0 Å². The predicted octanol–water partition coefficient (Wildman–Crippen LogP) is 0.441. The fourth-order valence-corrected chi connectivity index (χ4v) is 2.26. The minimum Gasteiger partial charge on any atom is -0.494 e. The van der Waals surface area contributed by atoms with Crippen molar-refractivity contribution >= 4 is 11.7 Å². The Labute approximate surface area is 110 Å². The number of carbonyl (C=O) groups is 1. The van der Waals surface area contributed by atoms with E-state index < -0.39 is 0 Å². The van der Waals surface area contributed by atoms with Crippen molar-refractivity contribution in [1.82, 2.24) is 9.88 Å². The van der Waals surface area contributed by atoms with Crippen molar-refractivity contribution < 1.29 is 14.7 Å². The molecule has 1 aromatic heterocycles. The third-order valence-electron chi connectivity index (χ3n) is 3.21. The summed E-state index contributed by atoms with van der Waals surface area (Å²) in [6.07, 6.45) is 4.53. The van der Waals surface area contributed by atoms with Crippen molar-refractivity contribution in [1.29, 1.82) is 0 Å². The zero-order chi connectivity index (χ0) is 13.8. The van der Waals surface area contributed by atoms with Crippen LogP contribution in [0.2, 0.25) is 0 Å². The van der Waals surface area contributed by atoms with Crippen molar-refractivity contribution in [2.45, 2.75) is 18.9 Å². The summed E-state index contributed by atoms with van der Waals surface area (Å²) in [7, 11) is 1.48. The minimum absolute atomic E-state index is 0.0545. The second-order valence-electron chi connectivity index (χ2n) is 4.26. The van der Waals surface area contributed by atoms with Gasteiger partial charge in [0.05, 0.1) is 24.9 Å². The fraction of sp³-hybridized carbons (Fsp3) is 0.417. The van der Waals surface area contributed by atoms with E-state index in [0.29, 0.717) is 24.3 Å². The molecule has 0 saturated carbocycles. The number of likely N-dealkylation sites (tertiary alicyclic amines) is 1. The van der Waals surface area contributed by atoms with Gasteiger partial charge in [0.25, 0.3) is 5.91 Å². The molecule has 102 valence electrons. The van der Waals surface area contributed by atoms with E-state index >= 15 is 0 Å². The third kappa shape index (κ3) is 2.44. The smallest absolute Gasteiger partial charge is 0.258 e. The van der Waals surface area contributed by atoms with Gasteiger partial charge in [-0.2, -0.15) is 0 Å². The zero-order valence-corrected chi connectivity index (χ0v) is 10.6. The van der Waals surface area contributed by atoms with E-state index in [4.69, 9.17) is 15.7 Å². The molecule has 1 saturated heterocycles. The Bertz CT molecular complexity index is 504. The lowest BCUT2D eigenvalue weighted by molar-refractivity contribution is 0.0764. The standard InChI is InChI=1S/C12H16N4O3/c1-19-10-7-14-5-4-8(10)12(17)16-6-2-3-9(16)11(13)15-18/h4-5,7,9,18H,2-3,6H2,1H3,(H2,13,15). The number of nitrogens with zero attached hydrogens (tertiary/aromatic N) is 3. The van der Waals surface area contributed by atoms with Crippen molar-refractivity contribution in [3.63, 3.8) is 0 Å². The summed E-state index contributed by atoms with van der Waals surface area (Å²) in [4.78, 5) is 18.0. The van der Waals surface area contributed by atoms with Gasteiger partial charge in [-0.25, -0.2) is 0 Å². The van der Waals surface area contributed by atoms with Crippen LogP contribution in [0.15, 0.2) is 23.6 Å². The minimum atomic E-state index is -0.365. The second-order valence-corrected chi connectivity index (χ2v) is 4.26. The van der Waals surface area contributed by atoms with Gasteiger partial charge in [0.15, 0.2) is 5.84 Å². The first-order chi connectivity index (χ1) is 9.19. The quantitative estimate of drug-likeness (QED) is 0.357. The van der Waals surface area contributed by atoms with E-state index in [1.54, 1.807) is 11.0 Å². The summed E-state index contributed by atoms with van der Waals surface area (Å²) in [5.41, 5.74) is 6.04.